The van der Waals surface area contributed by atoms with Crippen LogP contribution < -0.4 is 10.5 Å². The van der Waals surface area contributed by atoms with Gasteiger partial charge in [0.05, 0.1) is 4.90 Å². The minimum absolute atomic E-state index is 0.102. The van der Waals surface area contributed by atoms with Crippen molar-refractivity contribution in [2.24, 2.45) is 5.92 Å². The van der Waals surface area contributed by atoms with E-state index in [1.165, 1.54) is 18.9 Å². The van der Waals surface area contributed by atoms with Crippen LogP contribution in [0.3, 0.4) is 0 Å². The fourth-order valence-corrected chi connectivity index (χ4v) is 3.30. The van der Waals surface area contributed by atoms with Crippen molar-refractivity contribution in [1.82, 2.24) is 4.72 Å². The minimum atomic E-state index is -3.69. The number of benzene rings is 1. The molecule has 1 atom stereocenters. The highest BCUT2D eigenvalue weighted by Crippen LogP contribution is 2.33. The molecule has 0 aromatic heterocycles. The molecule has 1 aliphatic carbocycles. The SMILES string of the molecule is CC(CC1CC1)NS(=O)(=O)c1cc(N)cc(F)c1. The van der Waals surface area contributed by atoms with Crippen LogP contribution in [0, 0.1) is 11.7 Å². The zero-order valence-electron chi connectivity index (χ0n) is 10.2. The summed E-state index contributed by atoms with van der Waals surface area (Å²) in [7, 11) is -3.69. The average Bonchev–Trinajstić information content (AvgIpc) is 2.98. The van der Waals surface area contributed by atoms with Gasteiger partial charge in [-0.05, 0) is 37.5 Å². The van der Waals surface area contributed by atoms with Crippen molar-refractivity contribution in [1.29, 1.82) is 0 Å². The second kappa shape index (κ2) is 4.85. The molecule has 0 heterocycles. The first-order valence-electron chi connectivity index (χ1n) is 5.95. The predicted molar refractivity (Wildman–Crippen MR) is 67.9 cm³/mol. The first-order chi connectivity index (χ1) is 8.37. The van der Waals surface area contributed by atoms with E-state index in [-0.39, 0.29) is 16.6 Å². The molecule has 1 aromatic carbocycles. The van der Waals surface area contributed by atoms with E-state index in [4.69, 9.17) is 5.73 Å². The van der Waals surface area contributed by atoms with Crippen LogP contribution in [-0.2, 0) is 10.0 Å². The third-order valence-electron chi connectivity index (χ3n) is 2.94. The molecular weight excluding hydrogens is 255 g/mol. The van der Waals surface area contributed by atoms with Gasteiger partial charge in [-0.2, -0.15) is 0 Å². The van der Waals surface area contributed by atoms with E-state index < -0.39 is 15.8 Å². The summed E-state index contributed by atoms with van der Waals surface area (Å²) >= 11 is 0. The zero-order valence-corrected chi connectivity index (χ0v) is 11.0. The van der Waals surface area contributed by atoms with Crippen LogP contribution in [-0.4, -0.2) is 14.5 Å². The number of hydrogen-bond acceptors (Lipinski definition) is 3. The lowest BCUT2D eigenvalue weighted by Gasteiger charge is -2.14. The molecule has 1 aliphatic rings. The molecule has 0 amide bonds. The molecule has 1 fully saturated rings. The highest BCUT2D eigenvalue weighted by molar-refractivity contribution is 7.89. The quantitative estimate of drug-likeness (QED) is 0.804. The number of rotatable bonds is 5. The number of nitrogens with one attached hydrogen (secondary N) is 1. The Labute approximate surface area is 106 Å². The smallest absolute Gasteiger partial charge is 0.240 e. The molecule has 4 nitrogen and oxygen atoms in total. The highest BCUT2D eigenvalue weighted by Gasteiger charge is 2.26. The summed E-state index contributed by atoms with van der Waals surface area (Å²) in [6.07, 6.45) is 3.15. The van der Waals surface area contributed by atoms with Crippen molar-refractivity contribution in [3.05, 3.63) is 24.0 Å². The fraction of sp³-hybridized carbons (Fsp3) is 0.500. The maximum atomic E-state index is 13.1. The molecule has 1 saturated carbocycles. The zero-order chi connectivity index (χ0) is 13.3. The Balaban J connectivity index is 2.13. The number of anilines is 1. The second-order valence-corrected chi connectivity index (χ2v) is 6.64. The molecule has 0 spiro atoms. The van der Waals surface area contributed by atoms with Crippen LogP contribution in [0.15, 0.2) is 23.1 Å². The molecule has 2 rings (SSSR count). The van der Waals surface area contributed by atoms with Crippen LogP contribution >= 0.6 is 0 Å². The van der Waals surface area contributed by atoms with Crippen molar-refractivity contribution in [2.45, 2.75) is 37.1 Å². The molecule has 100 valence electrons. The molecule has 0 radical (unpaired) electrons. The summed E-state index contributed by atoms with van der Waals surface area (Å²) < 4.78 is 39.7. The Morgan fingerprint density at radius 3 is 2.67 bits per heavy atom. The monoisotopic (exact) mass is 272 g/mol. The van der Waals surface area contributed by atoms with Gasteiger partial charge in [0.25, 0.3) is 0 Å². The number of nitrogen functional groups attached to an aromatic ring is 1. The Kier molecular flexibility index (Phi) is 3.59. The van der Waals surface area contributed by atoms with Crippen LogP contribution in [0.2, 0.25) is 0 Å². The maximum absolute atomic E-state index is 13.1. The van der Waals surface area contributed by atoms with Crippen LogP contribution in [0.1, 0.15) is 26.2 Å². The first-order valence-corrected chi connectivity index (χ1v) is 7.43. The van der Waals surface area contributed by atoms with Crippen LogP contribution in [0.5, 0.6) is 0 Å². The number of sulfonamides is 1. The Hall–Kier alpha value is -1.14. The van der Waals surface area contributed by atoms with Crippen molar-refractivity contribution in [3.63, 3.8) is 0 Å². The molecule has 0 aliphatic heterocycles. The lowest BCUT2D eigenvalue weighted by atomic mass is 10.2. The maximum Gasteiger partial charge on any atom is 0.240 e. The third-order valence-corrected chi connectivity index (χ3v) is 4.51. The Bertz CT molecular complexity index is 521. The van der Waals surface area contributed by atoms with E-state index in [2.05, 4.69) is 4.72 Å². The summed E-state index contributed by atoms with van der Waals surface area (Å²) in [4.78, 5) is -0.123. The van der Waals surface area contributed by atoms with Gasteiger partial charge in [-0.15, -0.1) is 0 Å². The van der Waals surface area contributed by atoms with Gasteiger partial charge in [0, 0.05) is 11.7 Å². The molecule has 3 N–H and O–H groups in total. The molecule has 1 unspecified atom stereocenters. The standard InChI is InChI=1S/C12H17FN2O2S/c1-8(4-9-2-3-9)15-18(16,17)12-6-10(13)5-11(14)7-12/h5-9,15H,2-4,14H2,1H3. The largest absolute Gasteiger partial charge is 0.399 e. The molecule has 1 aromatic rings. The van der Waals surface area contributed by atoms with Crippen LogP contribution in [0.4, 0.5) is 10.1 Å². The van der Waals surface area contributed by atoms with E-state index in [0.29, 0.717) is 5.92 Å². The Morgan fingerprint density at radius 2 is 2.11 bits per heavy atom. The number of halogens is 1. The fourth-order valence-electron chi connectivity index (χ4n) is 1.97. The van der Waals surface area contributed by atoms with Crippen molar-refractivity contribution >= 4 is 15.7 Å². The van der Waals surface area contributed by atoms with E-state index >= 15 is 0 Å². The highest BCUT2D eigenvalue weighted by atomic mass is 32.2. The van der Waals surface area contributed by atoms with Gasteiger partial charge in [-0.3, -0.25) is 0 Å². The van der Waals surface area contributed by atoms with Gasteiger partial charge in [0.1, 0.15) is 5.82 Å². The van der Waals surface area contributed by atoms with Gasteiger partial charge in [-0.1, -0.05) is 12.8 Å². The van der Waals surface area contributed by atoms with Crippen molar-refractivity contribution < 1.29 is 12.8 Å². The number of nitrogens with two attached hydrogens (primary N) is 1. The summed E-state index contributed by atoms with van der Waals surface area (Å²) in [5, 5.41) is 0. The van der Waals surface area contributed by atoms with E-state index in [9.17, 15) is 12.8 Å². The predicted octanol–water partition coefficient (Wildman–Crippen LogP) is 1.87. The summed E-state index contributed by atoms with van der Waals surface area (Å²) in [6.45, 7) is 1.82. The van der Waals surface area contributed by atoms with E-state index in [0.717, 1.165) is 18.6 Å². The molecule has 0 saturated heterocycles. The lowest BCUT2D eigenvalue weighted by Crippen LogP contribution is -2.33. The van der Waals surface area contributed by atoms with Crippen molar-refractivity contribution in [3.8, 4) is 0 Å². The van der Waals surface area contributed by atoms with E-state index in [1.54, 1.807) is 0 Å². The van der Waals surface area contributed by atoms with Gasteiger partial charge in [0.2, 0.25) is 10.0 Å². The van der Waals surface area contributed by atoms with Gasteiger partial charge < -0.3 is 5.73 Å². The van der Waals surface area contributed by atoms with Gasteiger partial charge in [-0.25, -0.2) is 17.5 Å². The number of hydrogen-bond donors (Lipinski definition) is 2. The minimum Gasteiger partial charge on any atom is -0.399 e. The van der Waals surface area contributed by atoms with Crippen molar-refractivity contribution in [2.75, 3.05) is 5.73 Å². The summed E-state index contributed by atoms with van der Waals surface area (Å²) in [6, 6.07) is 3.18. The molecule has 18 heavy (non-hydrogen) atoms. The summed E-state index contributed by atoms with van der Waals surface area (Å²) in [5.74, 6) is -0.0227. The molecule has 0 bridgehead atoms. The van der Waals surface area contributed by atoms with E-state index in [1.807, 2.05) is 6.92 Å². The normalized spacial score (nSPS) is 17.7. The van der Waals surface area contributed by atoms with Crippen LogP contribution in [0.25, 0.3) is 0 Å². The van der Waals surface area contributed by atoms with Gasteiger partial charge in [0.15, 0.2) is 0 Å². The lowest BCUT2D eigenvalue weighted by molar-refractivity contribution is 0.529. The third kappa shape index (κ3) is 3.43. The summed E-state index contributed by atoms with van der Waals surface area (Å²) in [5.41, 5.74) is 5.55. The second-order valence-electron chi connectivity index (χ2n) is 4.92. The molecular formula is C12H17FN2O2S. The average molecular weight is 272 g/mol. The first kappa shape index (κ1) is 13.3. The topological polar surface area (TPSA) is 72.2 Å². The Morgan fingerprint density at radius 1 is 1.44 bits per heavy atom. The molecule has 6 heteroatoms. The van der Waals surface area contributed by atoms with Gasteiger partial charge >= 0.3 is 0 Å².